The van der Waals surface area contributed by atoms with Crippen molar-refractivity contribution in [2.75, 3.05) is 25.2 Å². The molecule has 4 aromatic rings. The second-order valence-electron chi connectivity index (χ2n) is 11.7. The minimum absolute atomic E-state index is 0.0106. The number of carboxylic acids is 1. The van der Waals surface area contributed by atoms with Gasteiger partial charge in [0.1, 0.15) is 11.5 Å². The summed E-state index contributed by atoms with van der Waals surface area (Å²) in [5.41, 5.74) is -0.101. The first-order chi connectivity index (χ1) is 23.6. The van der Waals surface area contributed by atoms with Gasteiger partial charge in [0.2, 0.25) is 5.95 Å². The lowest BCUT2D eigenvalue weighted by Gasteiger charge is -2.26. The SMILES string of the molecule is CCOc1ccc(C(C)C)cc1-c1ccc(OC)cc1CN(Cc1cc(C(F)(F)F)cc(C(F)(F)F)c1)c1ncc(OCCCC(=O)O)cn1. The zero-order valence-corrected chi connectivity index (χ0v) is 27.9. The Morgan fingerprint density at radius 3 is 2.06 bits per heavy atom. The van der Waals surface area contributed by atoms with Crippen molar-refractivity contribution in [2.45, 2.75) is 65.0 Å². The Bertz CT molecular complexity index is 1730. The van der Waals surface area contributed by atoms with Crippen LogP contribution in [0.4, 0.5) is 32.3 Å². The summed E-state index contributed by atoms with van der Waals surface area (Å²) in [6, 6.07) is 12.5. The third kappa shape index (κ3) is 10.0. The van der Waals surface area contributed by atoms with Crippen LogP contribution in [0.25, 0.3) is 11.1 Å². The van der Waals surface area contributed by atoms with Gasteiger partial charge in [0.05, 0.1) is 43.8 Å². The van der Waals surface area contributed by atoms with Crippen LogP contribution in [0.2, 0.25) is 0 Å². The second kappa shape index (κ2) is 16.1. The molecule has 50 heavy (non-hydrogen) atoms. The Morgan fingerprint density at radius 1 is 0.840 bits per heavy atom. The average molecular weight is 706 g/mol. The molecule has 0 saturated carbocycles. The quantitative estimate of drug-likeness (QED) is 0.0967. The average Bonchev–Trinajstić information content (AvgIpc) is 3.06. The highest BCUT2D eigenvalue weighted by Crippen LogP contribution is 2.39. The van der Waals surface area contributed by atoms with Gasteiger partial charge in [-0.2, -0.15) is 26.3 Å². The lowest BCUT2D eigenvalue weighted by molar-refractivity contribution is -0.143. The molecule has 0 radical (unpaired) electrons. The predicted molar refractivity (Wildman–Crippen MR) is 174 cm³/mol. The highest BCUT2D eigenvalue weighted by atomic mass is 19.4. The summed E-state index contributed by atoms with van der Waals surface area (Å²) in [6.45, 7) is 5.86. The number of nitrogens with zero attached hydrogens (tertiary/aromatic N) is 3. The van der Waals surface area contributed by atoms with E-state index in [0.717, 1.165) is 11.1 Å². The monoisotopic (exact) mass is 705 g/mol. The Morgan fingerprint density at radius 2 is 1.50 bits per heavy atom. The van der Waals surface area contributed by atoms with E-state index in [-0.39, 0.29) is 55.2 Å². The largest absolute Gasteiger partial charge is 0.497 e. The maximum Gasteiger partial charge on any atom is 0.416 e. The summed E-state index contributed by atoms with van der Waals surface area (Å²) in [5.74, 6) is 0.425. The molecule has 0 unspecified atom stereocenters. The highest BCUT2D eigenvalue weighted by molar-refractivity contribution is 5.75. The topological polar surface area (TPSA) is 94.0 Å². The maximum absolute atomic E-state index is 13.8. The molecule has 0 aliphatic rings. The molecule has 8 nitrogen and oxygen atoms in total. The fraction of sp³-hybridized carbons (Fsp3) is 0.361. The Hall–Kier alpha value is -5.01. The van der Waals surface area contributed by atoms with Crippen molar-refractivity contribution in [3.8, 4) is 28.4 Å². The number of hydrogen-bond acceptors (Lipinski definition) is 7. The van der Waals surface area contributed by atoms with Crippen LogP contribution in [-0.2, 0) is 30.2 Å². The first-order valence-corrected chi connectivity index (χ1v) is 15.7. The zero-order chi connectivity index (χ0) is 36.6. The number of aliphatic carboxylic acids is 1. The number of ether oxygens (including phenoxy) is 3. The Labute approximate surface area is 285 Å². The van der Waals surface area contributed by atoms with Gasteiger partial charge in [-0.15, -0.1) is 0 Å². The molecule has 1 heterocycles. The fourth-order valence-electron chi connectivity index (χ4n) is 5.18. The summed E-state index contributed by atoms with van der Waals surface area (Å²) in [6.07, 6.45) is -7.36. The predicted octanol–water partition coefficient (Wildman–Crippen LogP) is 9.16. The molecule has 0 aliphatic carbocycles. The number of alkyl halides is 6. The molecule has 0 amide bonds. The lowest BCUT2D eigenvalue weighted by Crippen LogP contribution is -2.25. The molecule has 3 aromatic carbocycles. The van der Waals surface area contributed by atoms with Crippen molar-refractivity contribution in [3.63, 3.8) is 0 Å². The first-order valence-electron chi connectivity index (χ1n) is 15.7. The van der Waals surface area contributed by atoms with Crippen molar-refractivity contribution in [3.05, 3.63) is 94.8 Å². The van der Waals surface area contributed by atoms with Crippen LogP contribution in [0.3, 0.4) is 0 Å². The summed E-state index contributed by atoms with van der Waals surface area (Å²) >= 11 is 0. The fourth-order valence-corrected chi connectivity index (χ4v) is 5.18. The number of halogens is 6. The summed E-state index contributed by atoms with van der Waals surface area (Å²) in [4.78, 5) is 20.9. The normalized spacial score (nSPS) is 11.8. The minimum atomic E-state index is -5.03. The van der Waals surface area contributed by atoms with Crippen molar-refractivity contribution < 1.29 is 50.5 Å². The number of aromatic nitrogens is 2. The molecule has 0 saturated heterocycles. The van der Waals surface area contributed by atoms with E-state index in [2.05, 4.69) is 9.97 Å². The van der Waals surface area contributed by atoms with Crippen molar-refractivity contribution in [2.24, 2.45) is 0 Å². The van der Waals surface area contributed by atoms with Crippen LogP contribution in [0.5, 0.6) is 17.2 Å². The van der Waals surface area contributed by atoms with Crippen molar-refractivity contribution in [1.82, 2.24) is 9.97 Å². The standard InChI is InChI=1S/C36H37F6N3O5/c1-5-49-32-11-8-24(22(2)3)16-31(32)30-10-9-28(48-4)15-25(30)21-45(34-43-18-29(19-44-34)50-12-6-7-33(46)47)20-23-13-26(35(37,38)39)17-27(14-23)36(40,41)42/h8-11,13-19,22H,5-7,12,20-21H2,1-4H3,(H,46,47). The molecule has 1 aromatic heterocycles. The van der Waals surface area contributed by atoms with Gasteiger partial charge < -0.3 is 24.2 Å². The molecule has 0 aliphatic heterocycles. The summed E-state index contributed by atoms with van der Waals surface area (Å²) in [7, 11) is 1.47. The number of anilines is 1. The number of rotatable bonds is 15. The first kappa shape index (κ1) is 37.8. The van der Waals surface area contributed by atoms with Gasteiger partial charge in [-0.25, -0.2) is 9.97 Å². The van der Waals surface area contributed by atoms with E-state index >= 15 is 0 Å². The maximum atomic E-state index is 13.8. The van der Waals surface area contributed by atoms with E-state index in [1.165, 1.54) is 24.4 Å². The third-order valence-corrected chi connectivity index (χ3v) is 7.66. The van der Waals surface area contributed by atoms with Gasteiger partial charge in [0.15, 0.2) is 5.75 Å². The number of carboxylic acid groups (broad SMARTS) is 1. The molecule has 0 spiro atoms. The molecular weight excluding hydrogens is 668 g/mol. The van der Waals surface area contributed by atoms with E-state index in [0.29, 0.717) is 41.4 Å². The van der Waals surface area contributed by atoms with Gasteiger partial charge in [-0.1, -0.05) is 26.0 Å². The molecule has 0 fully saturated rings. The van der Waals surface area contributed by atoms with E-state index in [4.69, 9.17) is 19.3 Å². The number of methoxy groups -OCH3 is 1. The van der Waals surface area contributed by atoms with E-state index in [9.17, 15) is 31.1 Å². The molecule has 1 N–H and O–H groups in total. The summed E-state index contributed by atoms with van der Waals surface area (Å²) in [5, 5.41) is 8.85. The Kier molecular flexibility index (Phi) is 12.2. The molecule has 268 valence electrons. The van der Waals surface area contributed by atoms with E-state index in [1.54, 1.807) is 12.1 Å². The van der Waals surface area contributed by atoms with Crippen molar-refractivity contribution in [1.29, 1.82) is 0 Å². The van der Waals surface area contributed by atoms with E-state index < -0.39 is 36.0 Å². The third-order valence-electron chi connectivity index (χ3n) is 7.66. The van der Waals surface area contributed by atoms with Crippen LogP contribution in [-0.4, -0.2) is 41.4 Å². The molecule has 0 bridgehead atoms. The van der Waals surface area contributed by atoms with Crippen LogP contribution in [0.15, 0.2) is 67.0 Å². The second-order valence-corrected chi connectivity index (χ2v) is 11.7. The summed E-state index contributed by atoms with van der Waals surface area (Å²) < 4.78 is 99.7. The Balaban J connectivity index is 1.83. The van der Waals surface area contributed by atoms with Crippen LogP contribution in [0.1, 0.15) is 67.3 Å². The smallest absolute Gasteiger partial charge is 0.416 e. The lowest BCUT2D eigenvalue weighted by atomic mass is 9.93. The molecule has 0 atom stereocenters. The minimum Gasteiger partial charge on any atom is -0.497 e. The van der Waals surface area contributed by atoms with Gasteiger partial charge in [-0.05, 0) is 84.0 Å². The number of benzene rings is 3. The van der Waals surface area contributed by atoms with Crippen molar-refractivity contribution >= 4 is 11.9 Å². The zero-order valence-electron chi connectivity index (χ0n) is 27.9. The molecule has 14 heteroatoms. The van der Waals surface area contributed by atoms with E-state index in [1.807, 2.05) is 45.0 Å². The van der Waals surface area contributed by atoms with Gasteiger partial charge in [0.25, 0.3) is 0 Å². The van der Waals surface area contributed by atoms with Gasteiger partial charge in [-0.3, -0.25) is 4.79 Å². The van der Waals surface area contributed by atoms with Crippen LogP contribution >= 0.6 is 0 Å². The van der Waals surface area contributed by atoms with Gasteiger partial charge >= 0.3 is 18.3 Å². The van der Waals surface area contributed by atoms with Crippen LogP contribution < -0.4 is 19.1 Å². The van der Waals surface area contributed by atoms with Crippen LogP contribution in [0, 0.1) is 0 Å². The highest BCUT2D eigenvalue weighted by Gasteiger charge is 2.37. The van der Waals surface area contributed by atoms with Gasteiger partial charge in [0, 0.05) is 25.1 Å². The molecular formula is C36H37F6N3O5. The molecule has 4 rings (SSSR count). The number of carbonyl (C=O) groups is 1. The number of hydrogen-bond donors (Lipinski definition) is 1.